The normalized spacial score (nSPS) is 32.8. The average molecular weight is 325 g/mol. The fourth-order valence-electron chi connectivity index (χ4n) is 3.57. The predicted octanol–water partition coefficient (Wildman–Crippen LogP) is 0.0258. The summed E-state index contributed by atoms with van der Waals surface area (Å²) in [4.78, 5) is 12.1. The average Bonchev–Trinajstić information content (AvgIpc) is 2.60. The van der Waals surface area contributed by atoms with E-state index in [0.29, 0.717) is 6.42 Å². The maximum Gasteiger partial charge on any atom is 0.280 e. The van der Waals surface area contributed by atoms with Gasteiger partial charge in [-0.3, -0.25) is 8.98 Å². The van der Waals surface area contributed by atoms with Crippen molar-refractivity contribution < 1.29 is 30.4 Å². The van der Waals surface area contributed by atoms with Crippen LogP contribution in [0, 0.1) is 11.3 Å². The van der Waals surface area contributed by atoms with Crippen molar-refractivity contribution in [3.8, 4) is 0 Å². The Balaban J connectivity index is 2.27. The van der Waals surface area contributed by atoms with Gasteiger partial charge in [-0.2, -0.15) is 8.42 Å². The minimum Gasteiger partial charge on any atom is -0.748 e. The Morgan fingerprint density at radius 3 is 2.30 bits per heavy atom. The van der Waals surface area contributed by atoms with Crippen molar-refractivity contribution in [2.45, 2.75) is 37.9 Å². The zero-order chi connectivity index (χ0) is 15.4. The number of hydrogen-bond donors (Lipinski definition) is 0. The Kier molecular flexibility index (Phi) is 3.56. The highest BCUT2D eigenvalue weighted by atomic mass is 32.2. The van der Waals surface area contributed by atoms with Gasteiger partial charge in [-0.15, -0.1) is 0 Å². The van der Waals surface area contributed by atoms with Crippen molar-refractivity contribution in [3.05, 3.63) is 0 Å². The first-order chi connectivity index (χ1) is 8.94. The molecule has 2 unspecified atom stereocenters. The summed E-state index contributed by atoms with van der Waals surface area (Å²) in [6, 6.07) is 0. The van der Waals surface area contributed by atoms with E-state index >= 15 is 0 Å². The molecule has 0 aliphatic heterocycles. The standard InChI is InChI=1S/C11H18O7S2/c1-10(2)8-3-4-11(10,9(12)7-8)20(16,17)18-5-6-19(13,14)15/h8H,3-7H2,1-2H3,(H,13,14,15)/p-1. The predicted molar refractivity (Wildman–Crippen MR) is 68.3 cm³/mol. The molecule has 0 radical (unpaired) electrons. The fourth-order valence-corrected chi connectivity index (χ4v) is 6.01. The smallest absolute Gasteiger partial charge is 0.280 e. The first kappa shape index (κ1) is 15.9. The van der Waals surface area contributed by atoms with Crippen molar-refractivity contribution in [2.24, 2.45) is 11.3 Å². The second-order valence-corrected chi connectivity index (χ2v) is 9.31. The van der Waals surface area contributed by atoms with Crippen LogP contribution >= 0.6 is 0 Å². The fraction of sp³-hybridized carbons (Fsp3) is 0.909. The molecule has 2 saturated carbocycles. The molecule has 0 spiro atoms. The lowest BCUT2D eigenvalue weighted by molar-refractivity contribution is -0.121. The van der Waals surface area contributed by atoms with Gasteiger partial charge >= 0.3 is 0 Å². The van der Waals surface area contributed by atoms with Crippen LogP contribution in [0.15, 0.2) is 0 Å². The third-order valence-electron chi connectivity index (χ3n) is 4.79. The molecule has 0 aromatic rings. The molecule has 2 rings (SSSR count). The minimum absolute atomic E-state index is 0.00313. The van der Waals surface area contributed by atoms with E-state index in [-0.39, 0.29) is 24.5 Å². The van der Waals surface area contributed by atoms with Crippen LogP contribution in [-0.2, 0) is 29.2 Å². The van der Waals surface area contributed by atoms with Gasteiger partial charge in [0, 0.05) is 6.42 Å². The molecule has 116 valence electrons. The van der Waals surface area contributed by atoms with E-state index < -0.39 is 42.8 Å². The molecular weight excluding hydrogens is 308 g/mol. The summed E-state index contributed by atoms with van der Waals surface area (Å²) in [6.07, 6.45) is 1.02. The van der Waals surface area contributed by atoms with E-state index in [4.69, 9.17) is 0 Å². The highest BCUT2D eigenvalue weighted by molar-refractivity contribution is 7.89. The van der Waals surface area contributed by atoms with Crippen LogP contribution in [0.1, 0.15) is 33.1 Å². The molecule has 0 N–H and O–H groups in total. The van der Waals surface area contributed by atoms with Crippen molar-refractivity contribution in [2.75, 3.05) is 12.4 Å². The molecule has 2 fully saturated rings. The lowest BCUT2D eigenvalue weighted by Crippen LogP contribution is -2.51. The second kappa shape index (κ2) is 4.49. The monoisotopic (exact) mass is 325 g/mol. The first-order valence-corrected chi connectivity index (χ1v) is 9.28. The van der Waals surface area contributed by atoms with Gasteiger partial charge in [0.25, 0.3) is 10.1 Å². The Hall–Kier alpha value is -0.510. The van der Waals surface area contributed by atoms with Gasteiger partial charge in [0.15, 0.2) is 10.5 Å². The summed E-state index contributed by atoms with van der Waals surface area (Å²) < 4.78 is 59.3. The molecule has 2 aliphatic carbocycles. The van der Waals surface area contributed by atoms with Crippen LogP contribution in [0.2, 0.25) is 0 Å². The summed E-state index contributed by atoms with van der Waals surface area (Å²) in [7, 11) is -8.81. The summed E-state index contributed by atoms with van der Waals surface area (Å²) >= 11 is 0. The van der Waals surface area contributed by atoms with E-state index in [1.807, 2.05) is 0 Å². The van der Waals surface area contributed by atoms with E-state index in [2.05, 4.69) is 4.18 Å². The lowest BCUT2D eigenvalue weighted by Gasteiger charge is -2.34. The van der Waals surface area contributed by atoms with Crippen molar-refractivity contribution in [1.29, 1.82) is 0 Å². The molecule has 0 aromatic carbocycles. The van der Waals surface area contributed by atoms with Crippen LogP contribution in [0.5, 0.6) is 0 Å². The molecule has 0 saturated heterocycles. The Morgan fingerprint density at radius 1 is 1.30 bits per heavy atom. The van der Waals surface area contributed by atoms with Gasteiger partial charge in [-0.1, -0.05) is 13.8 Å². The van der Waals surface area contributed by atoms with Gasteiger partial charge in [-0.25, -0.2) is 8.42 Å². The molecule has 0 amide bonds. The third-order valence-corrected chi connectivity index (χ3v) is 7.74. The maximum absolute atomic E-state index is 12.4. The number of carbonyl (C=O) groups excluding carboxylic acids is 1. The summed E-state index contributed by atoms with van der Waals surface area (Å²) in [5, 5.41) is 0. The summed E-state index contributed by atoms with van der Waals surface area (Å²) in [5.41, 5.74) is -0.737. The molecule has 9 heteroatoms. The van der Waals surface area contributed by atoms with Gasteiger partial charge in [0.2, 0.25) is 0 Å². The van der Waals surface area contributed by atoms with Gasteiger partial charge < -0.3 is 4.55 Å². The van der Waals surface area contributed by atoms with E-state index in [1.54, 1.807) is 13.8 Å². The number of fused-ring (bicyclic) bond motifs is 2. The Labute approximate surface area is 118 Å². The van der Waals surface area contributed by atoms with Crippen LogP contribution in [0.4, 0.5) is 0 Å². The molecule has 0 aromatic heterocycles. The molecular formula is C11H17O7S2-. The van der Waals surface area contributed by atoms with Crippen molar-refractivity contribution >= 4 is 26.0 Å². The van der Waals surface area contributed by atoms with E-state index in [9.17, 15) is 26.2 Å². The van der Waals surface area contributed by atoms with Crippen LogP contribution in [0.25, 0.3) is 0 Å². The zero-order valence-corrected chi connectivity index (χ0v) is 12.9. The van der Waals surface area contributed by atoms with Crippen molar-refractivity contribution in [3.63, 3.8) is 0 Å². The first-order valence-electron chi connectivity index (χ1n) is 6.30. The van der Waals surface area contributed by atoms with Crippen LogP contribution in [0.3, 0.4) is 0 Å². The molecule has 20 heavy (non-hydrogen) atoms. The Morgan fingerprint density at radius 2 is 1.90 bits per heavy atom. The highest BCUT2D eigenvalue weighted by Gasteiger charge is 2.71. The molecule has 7 nitrogen and oxygen atoms in total. The van der Waals surface area contributed by atoms with Crippen LogP contribution < -0.4 is 0 Å². The lowest BCUT2D eigenvalue weighted by atomic mass is 9.81. The number of carbonyl (C=O) groups is 1. The highest BCUT2D eigenvalue weighted by Crippen LogP contribution is 2.62. The van der Waals surface area contributed by atoms with Gasteiger partial charge in [-0.05, 0) is 24.2 Å². The Bertz CT molecular complexity index is 632. The van der Waals surface area contributed by atoms with Crippen molar-refractivity contribution in [1.82, 2.24) is 0 Å². The van der Waals surface area contributed by atoms with Gasteiger partial charge in [0.05, 0.1) is 22.5 Å². The molecule has 2 atom stereocenters. The van der Waals surface area contributed by atoms with E-state index in [1.165, 1.54) is 0 Å². The third kappa shape index (κ3) is 2.11. The molecule has 0 heterocycles. The zero-order valence-electron chi connectivity index (χ0n) is 11.3. The topological polar surface area (TPSA) is 118 Å². The molecule has 2 bridgehead atoms. The second-order valence-electron chi connectivity index (χ2n) is 5.95. The molecule has 2 aliphatic rings. The van der Waals surface area contributed by atoms with E-state index in [0.717, 1.165) is 0 Å². The minimum atomic E-state index is -4.55. The van der Waals surface area contributed by atoms with Crippen LogP contribution in [-0.4, -0.2) is 44.3 Å². The maximum atomic E-state index is 12.4. The SMILES string of the molecule is CC1(C)C2CCC1(S(=O)(=O)OCCS(=O)(=O)[O-])C(=O)C2. The quantitative estimate of drug-likeness (QED) is 0.516. The number of ketones is 1. The van der Waals surface area contributed by atoms with Gasteiger partial charge in [0.1, 0.15) is 0 Å². The largest absolute Gasteiger partial charge is 0.748 e. The number of Topliss-reactive ketones (excluding diaryl/α,β-unsaturated/α-hetero) is 1. The summed E-state index contributed by atoms with van der Waals surface area (Å²) in [6.45, 7) is 2.70. The number of rotatable bonds is 5. The number of hydrogen-bond acceptors (Lipinski definition) is 7. The summed E-state index contributed by atoms with van der Waals surface area (Å²) in [5.74, 6) is -1.30.